The van der Waals surface area contributed by atoms with Crippen LogP contribution in [0.3, 0.4) is 0 Å². The highest BCUT2D eigenvalue weighted by Gasteiger charge is 2.18. The fourth-order valence-corrected chi connectivity index (χ4v) is 2.87. The van der Waals surface area contributed by atoms with Gasteiger partial charge in [-0.15, -0.1) is 0 Å². The Bertz CT molecular complexity index is 839. The average molecular weight is 369 g/mol. The zero-order valence-corrected chi connectivity index (χ0v) is 15.5. The highest BCUT2D eigenvalue weighted by Crippen LogP contribution is 2.29. The number of carbonyl (C=O) groups is 1. The second-order valence-electron chi connectivity index (χ2n) is 5.51. The lowest BCUT2D eigenvalue weighted by atomic mass is 9.94. The van der Waals surface area contributed by atoms with Crippen molar-refractivity contribution in [3.05, 3.63) is 90.4 Å². The number of nitrogens with one attached hydrogen (secondary N) is 1. The first-order valence-electron chi connectivity index (χ1n) is 7.87. The van der Waals surface area contributed by atoms with Crippen LogP contribution in [0.15, 0.2) is 78.4 Å². The van der Waals surface area contributed by atoms with Gasteiger partial charge in [0, 0.05) is 22.6 Å². The predicted molar refractivity (Wildman–Crippen MR) is 106 cm³/mol. The van der Waals surface area contributed by atoms with E-state index in [1.54, 1.807) is 32.2 Å². The molecular formula is C21H20FNO2S. The molecule has 0 fully saturated rings. The van der Waals surface area contributed by atoms with Crippen molar-refractivity contribution in [1.29, 1.82) is 0 Å². The Balaban J connectivity index is 2.60. The molecule has 3 nitrogen and oxygen atoms in total. The number of carbonyl (C=O) groups excluding carboxylic acids is 1. The van der Waals surface area contributed by atoms with Gasteiger partial charge < -0.3 is 9.50 Å². The number of hydrogen-bond acceptors (Lipinski definition) is 3. The minimum absolute atomic E-state index is 0.325. The summed E-state index contributed by atoms with van der Waals surface area (Å²) in [4.78, 5) is 13.7. The minimum atomic E-state index is -0.366. The molecule has 2 aromatic rings. The molecule has 0 aliphatic rings. The van der Waals surface area contributed by atoms with Gasteiger partial charge in [-0.05, 0) is 47.9 Å². The molecule has 134 valence electrons. The summed E-state index contributed by atoms with van der Waals surface area (Å²) in [6.07, 6.45) is 1.62. The number of rotatable bonds is 7. The molecule has 0 saturated carbocycles. The number of halogens is 1. The Morgan fingerprint density at radius 2 is 1.69 bits per heavy atom. The maximum atomic E-state index is 13.3. The highest BCUT2D eigenvalue weighted by atomic mass is 32.2. The summed E-state index contributed by atoms with van der Waals surface area (Å²) in [5.74, 6) is -0.691. The van der Waals surface area contributed by atoms with Gasteiger partial charge in [0.05, 0.1) is 12.7 Å². The van der Waals surface area contributed by atoms with Crippen molar-refractivity contribution < 1.29 is 13.4 Å². The van der Waals surface area contributed by atoms with Crippen molar-refractivity contribution in [2.24, 2.45) is 0 Å². The standard InChI is InChI=1S/C21H20FNO2S/c1-5-19(15-8-12-18(13-9-15)26-25-4)20(21(24)23-14(2)3)16-6-10-17(22)11-7-16/h5-13H,1-2H2,3-4H3,(H,23,24)/b20-19+. The molecule has 5 heteroatoms. The van der Waals surface area contributed by atoms with Gasteiger partial charge in [0.2, 0.25) is 0 Å². The fraction of sp³-hybridized carbons (Fsp3) is 0.0952. The summed E-state index contributed by atoms with van der Waals surface area (Å²) in [6.45, 7) is 9.27. The Morgan fingerprint density at radius 1 is 1.12 bits per heavy atom. The number of allylic oxidation sites excluding steroid dienone is 3. The lowest BCUT2D eigenvalue weighted by molar-refractivity contribution is -0.114. The average Bonchev–Trinajstić information content (AvgIpc) is 2.61. The molecule has 0 spiro atoms. The van der Waals surface area contributed by atoms with E-state index in [0.29, 0.717) is 22.4 Å². The van der Waals surface area contributed by atoms with E-state index >= 15 is 0 Å². The number of benzene rings is 2. The van der Waals surface area contributed by atoms with Crippen molar-refractivity contribution in [3.8, 4) is 0 Å². The van der Waals surface area contributed by atoms with Crippen molar-refractivity contribution in [2.75, 3.05) is 7.11 Å². The van der Waals surface area contributed by atoms with Crippen LogP contribution >= 0.6 is 12.0 Å². The van der Waals surface area contributed by atoms with Crippen molar-refractivity contribution >= 4 is 29.1 Å². The van der Waals surface area contributed by atoms with Crippen LogP contribution in [-0.4, -0.2) is 13.0 Å². The van der Waals surface area contributed by atoms with E-state index in [1.165, 1.54) is 24.2 Å². The molecule has 0 saturated heterocycles. The molecule has 0 atom stereocenters. The first-order valence-corrected chi connectivity index (χ1v) is 8.61. The second kappa shape index (κ2) is 9.17. The Hall–Kier alpha value is -2.63. The van der Waals surface area contributed by atoms with E-state index in [0.717, 1.165) is 10.5 Å². The van der Waals surface area contributed by atoms with E-state index < -0.39 is 0 Å². The van der Waals surface area contributed by atoms with E-state index in [-0.39, 0.29) is 11.7 Å². The molecule has 0 unspecified atom stereocenters. The molecule has 1 N–H and O–H groups in total. The van der Waals surface area contributed by atoms with E-state index in [4.69, 9.17) is 4.18 Å². The lowest BCUT2D eigenvalue weighted by Gasteiger charge is -2.14. The Labute approximate surface area is 157 Å². The molecule has 0 aliphatic carbocycles. The summed E-state index contributed by atoms with van der Waals surface area (Å²) in [7, 11) is 1.60. The van der Waals surface area contributed by atoms with Gasteiger partial charge in [0.15, 0.2) is 0 Å². The van der Waals surface area contributed by atoms with Crippen LogP contribution in [0.2, 0.25) is 0 Å². The summed E-state index contributed by atoms with van der Waals surface area (Å²) in [5, 5.41) is 2.72. The first-order chi connectivity index (χ1) is 12.5. The zero-order valence-electron chi connectivity index (χ0n) is 14.7. The van der Waals surface area contributed by atoms with Crippen LogP contribution in [0.1, 0.15) is 18.1 Å². The van der Waals surface area contributed by atoms with Gasteiger partial charge in [0.1, 0.15) is 5.82 Å². The largest absolute Gasteiger partial charge is 0.327 e. The Morgan fingerprint density at radius 3 is 2.19 bits per heavy atom. The summed E-state index contributed by atoms with van der Waals surface area (Å²) in [6, 6.07) is 13.3. The van der Waals surface area contributed by atoms with Gasteiger partial charge in [-0.3, -0.25) is 4.79 Å². The second-order valence-corrected chi connectivity index (χ2v) is 6.48. The lowest BCUT2D eigenvalue weighted by Crippen LogP contribution is -2.22. The molecular weight excluding hydrogens is 349 g/mol. The molecule has 2 rings (SSSR count). The van der Waals surface area contributed by atoms with Crippen LogP contribution < -0.4 is 5.32 Å². The van der Waals surface area contributed by atoms with Gasteiger partial charge in [-0.25, -0.2) is 4.39 Å². The van der Waals surface area contributed by atoms with E-state index in [2.05, 4.69) is 18.5 Å². The molecule has 2 aromatic carbocycles. The van der Waals surface area contributed by atoms with Gasteiger partial charge >= 0.3 is 0 Å². The smallest absolute Gasteiger partial charge is 0.256 e. The SMILES string of the molecule is C=C/C(=C(\C(=O)NC(=C)C)c1ccc(F)cc1)c1ccc(SOC)cc1. The van der Waals surface area contributed by atoms with Crippen molar-refractivity contribution in [2.45, 2.75) is 11.8 Å². The topological polar surface area (TPSA) is 38.3 Å². The maximum Gasteiger partial charge on any atom is 0.256 e. The molecule has 26 heavy (non-hydrogen) atoms. The molecule has 0 heterocycles. The van der Waals surface area contributed by atoms with Gasteiger partial charge in [-0.1, -0.05) is 43.5 Å². The Kier molecular flexibility index (Phi) is 6.95. The number of amides is 1. The monoisotopic (exact) mass is 369 g/mol. The minimum Gasteiger partial charge on any atom is -0.327 e. The molecule has 1 amide bonds. The third kappa shape index (κ3) is 4.94. The number of hydrogen-bond donors (Lipinski definition) is 1. The van der Waals surface area contributed by atoms with Gasteiger partial charge in [0.25, 0.3) is 5.91 Å². The predicted octanol–water partition coefficient (Wildman–Crippen LogP) is 5.23. The molecule has 0 aliphatic heterocycles. The third-order valence-corrected chi connectivity index (χ3v) is 4.14. The van der Waals surface area contributed by atoms with Crippen LogP contribution in [0.5, 0.6) is 0 Å². The van der Waals surface area contributed by atoms with Crippen LogP contribution in [-0.2, 0) is 8.98 Å². The van der Waals surface area contributed by atoms with Crippen molar-refractivity contribution in [3.63, 3.8) is 0 Å². The van der Waals surface area contributed by atoms with E-state index in [9.17, 15) is 9.18 Å². The van der Waals surface area contributed by atoms with Crippen LogP contribution in [0.25, 0.3) is 11.1 Å². The van der Waals surface area contributed by atoms with Gasteiger partial charge in [-0.2, -0.15) is 0 Å². The maximum absolute atomic E-state index is 13.3. The van der Waals surface area contributed by atoms with Crippen LogP contribution in [0.4, 0.5) is 4.39 Å². The first kappa shape index (κ1) is 19.7. The summed E-state index contributed by atoms with van der Waals surface area (Å²) in [5.41, 5.74) is 2.97. The van der Waals surface area contributed by atoms with E-state index in [1.807, 2.05) is 24.3 Å². The van der Waals surface area contributed by atoms with Crippen LogP contribution in [0, 0.1) is 5.82 Å². The third-order valence-electron chi connectivity index (χ3n) is 3.51. The molecule has 0 bridgehead atoms. The van der Waals surface area contributed by atoms with Crippen molar-refractivity contribution in [1.82, 2.24) is 5.32 Å². The highest BCUT2D eigenvalue weighted by molar-refractivity contribution is 7.94. The zero-order chi connectivity index (χ0) is 19.1. The normalized spacial score (nSPS) is 11.5. The molecule has 0 aromatic heterocycles. The quantitative estimate of drug-likeness (QED) is 0.314. The fourth-order valence-electron chi connectivity index (χ4n) is 2.43. The molecule has 0 radical (unpaired) electrons. The summed E-state index contributed by atoms with van der Waals surface area (Å²) >= 11 is 1.25. The summed E-state index contributed by atoms with van der Waals surface area (Å²) < 4.78 is 18.4.